The predicted octanol–water partition coefficient (Wildman–Crippen LogP) is 3.93. The molecule has 0 radical (unpaired) electrons. The van der Waals surface area contributed by atoms with Crippen molar-refractivity contribution >= 4 is 22.7 Å². The van der Waals surface area contributed by atoms with E-state index >= 15 is 0 Å². The van der Waals surface area contributed by atoms with Gasteiger partial charge >= 0.3 is 11.9 Å². The number of rotatable bonds is 2. The molecule has 0 saturated carbocycles. The smallest absolute Gasteiger partial charge is 0.332 e. The minimum atomic E-state index is -0.935. The molecule has 0 aliphatic heterocycles. The molecule has 128 valence electrons. The number of carboxylic acids is 1. The standard InChI is InChI=1S/C10H8O.C5H8O2.C4H6O2/c11-10-6-5-8-3-1-2-4-9(8)7-10;1-4(2)5(6)7-3;1-3(2)4(5)6/h1-7,11H;1H2,2-3H3;1H2,2H3,(H,5,6). The molecule has 0 aliphatic carbocycles. The van der Waals surface area contributed by atoms with Gasteiger partial charge in [0, 0.05) is 11.1 Å². The molecule has 2 rings (SSSR count). The molecule has 24 heavy (non-hydrogen) atoms. The number of carbonyl (C=O) groups is 2. The van der Waals surface area contributed by atoms with E-state index in [2.05, 4.69) is 17.9 Å². The quantitative estimate of drug-likeness (QED) is 0.644. The van der Waals surface area contributed by atoms with Crippen molar-refractivity contribution in [2.75, 3.05) is 7.11 Å². The van der Waals surface area contributed by atoms with Gasteiger partial charge in [-0.1, -0.05) is 43.5 Å². The Morgan fingerprint density at radius 3 is 1.83 bits per heavy atom. The lowest BCUT2D eigenvalue weighted by atomic mass is 10.1. The molecule has 0 amide bonds. The first-order chi connectivity index (χ1) is 11.2. The highest BCUT2D eigenvalue weighted by molar-refractivity contribution is 5.86. The van der Waals surface area contributed by atoms with E-state index in [1.807, 2.05) is 30.3 Å². The number of fused-ring (bicyclic) bond motifs is 1. The van der Waals surface area contributed by atoms with Crippen LogP contribution >= 0.6 is 0 Å². The highest BCUT2D eigenvalue weighted by Crippen LogP contribution is 2.18. The molecule has 0 bridgehead atoms. The summed E-state index contributed by atoms with van der Waals surface area (Å²) in [4.78, 5) is 19.8. The molecule has 0 saturated heterocycles. The largest absolute Gasteiger partial charge is 0.508 e. The average molecular weight is 330 g/mol. The molecule has 2 N–H and O–H groups in total. The third-order valence-corrected chi connectivity index (χ3v) is 2.63. The number of aliphatic carboxylic acids is 1. The molecule has 0 aliphatic rings. The Balaban J connectivity index is 0.000000357. The summed E-state index contributed by atoms with van der Waals surface area (Å²) in [5.41, 5.74) is 0.609. The van der Waals surface area contributed by atoms with E-state index in [1.165, 1.54) is 14.0 Å². The lowest BCUT2D eigenvalue weighted by Crippen LogP contribution is -1.98. The zero-order chi connectivity index (χ0) is 18.7. The Morgan fingerprint density at radius 1 is 0.958 bits per heavy atom. The van der Waals surface area contributed by atoms with Gasteiger partial charge < -0.3 is 14.9 Å². The third-order valence-electron chi connectivity index (χ3n) is 2.63. The van der Waals surface area contributed by atoms with Crippen LogP contribution in [0.15, 0.2) is 66.8 Å². The van der Waals surface area contributed by atoms with Crippen molar-refractivity contribution < 1.29 is 24.5 Å². The number of phenols is 1. The van der Waals surface area contributed by atoms with Gasteiger partial charge in [0.1, 0.15) is 5.75 Å². The van der Waals surface area contributed by atoms with Gasteiger partial charge in [0.15, 0.2) is 0 Å². The second-order valence-electron chi connectivity index (χ2n) is 4.89. The Morgan fingerprint density at radius 2 is 1.46 bits per heavy atom. The van der Waals surface area contributed by atoms with Gasteiger partial charge in [-0.3, -0.25) is 0 Å². The maximum absolute atomic E-state index is 10.2. The molecule has 5 heteroatoms. The van der Waals surface area contributed by atoms with E-state index in [0.29, 0.717) is 11.3 Å². The SMILES string of the molecule is C=C(C)C(=O)O.C=C(C)C(=O)OC.Oc1ccc2ccccc2c1. The number of hydrogen-bond acceptors (Lipinski definition) is 4. The maximum Gasteiger partial charge on any atom is 0.332 e. The summed E-state index contributed by atoms with van der Waals surface area (Å²) < 4.78 is 4.27. The van der Waals surface area contributed by atoms with Crippen LogP contribution in [0.25, 0.3) is 10.8 Å². The lowest BCUT2D eigenvalue weighted by Gasteiger charge is -1.96. The van der Waals surface area contributed by atoms with Crippen LogP contribution in [-0.2, 0) is 14.3 Å². The third kappa shape index (κ3) is 8.38. The number of aromatic hydroxyl groups is 1. The van der Waals surface area contributed by atoms with Gasteiger partial charge in [-0.25, -0.2) is 9.59 Å². The highest BCUT2D eigenvalue weighted by atomic mass is 16.5. The number of hydrogen-bond donors (Lipinski definition) is 2. The summed E-state index contributed by atoms with van der Waals surface area (Å²) >= 11 is 0. The van der Waals surface area contributed by atoms with Crippen LogP contribution in [0.2, 0.25) is 0 Å². The van der Waals surface area contributed by atoms with Crippen molar-refractivity contribution in [2.24, 2.45) is 0 Å². The van der Waals surface area contributed by atoms with Gasteiger partial charge in [-0.15, -0.1) is 0 Å². The summed E-state index contributed by atoms with van der Waals surface area (Å²) in [7, 11) is 1.33. The zero-order valence-electron chi connectivity index (χ0n) is 14.1. The van der Waals surface area contributed by atoms with E-state index in [1.54, 1.807) is 19.1 Å². The fourth-order valence-electron chi connectivity index (χ4n) is 1.35. The Bertz CT molecular complexity index is 719. The van der Waals surface area contributed by atoms with Crippen molar-refractivity contribution in [1.82, 2.24) is 0 Å². The van der Waals surface area contributed by atoms with Crippen LogP contribution in [0.5, 0.6) is 5.75 Å². The first kappa shape index (κ1) is 20.9. The van der Waals surface area contributed by atoms with Gasteiger partial charge in [-0.2, -0.15) is 0 Å². The minimum Gasteiger partial charge on any atom is -0.508 e. The number of esters is 1. The lowest BCUT2D eigenvalue weighted by molar-refractivity contribution is -0.136. The molecule has 0 fully saturated rings. The van der Waals surface area contributed by atoms with Gasteiger partial charge in [0.2, 0.25) is 0 Å². The van der Waals surface area contributed by atoms with Gasteiger partial charge in [0.25, 0.3) is 0 Å². The van der Waals surface area contributed by atoms with E-state index < -0.39 is 5.97 Å². The monoisotopic (exact) mass is 330 g/mol. The number of phenolic OH excluding ortho intramolecular Hbond substituents is 1. The topological polar surface area (TPSA) is 83.8 Å². The molecule has 0 atom stereocenters. The zero-order valence-corrected chi connectivity index (χ0v) is 14.1. The first-order valence-electron chi connectivity index (χ1n) is 6.99. The van der Waals surface area contributed by atoms with Crippen molar-refractivity contribution in [3.63, 3.8) is 0 Å². The second-order valence-corrected chi connectivity index (χ2v) is 4.89. The number of benzene rings is 2. The molecular formula is C19H22O5. The van der Waals surface area contributed by atoms with E-state index in [4.69, 9.17) is 10.2 Å². The Labute approximate surface area is 141 Å². The normalized spacial score (nSPS) is 8.79. The Kier molecular flexibility index (Phi) is 9.25. The number of ether oxygens (including phenoxy) is 1. The van der Waals surface area contributed by atoms with E-state index in [-0.39, 0.29) is 11.5 Å². The van der Waals surface area contributed by atoms with Crippen molar-refractivity contribution in [2.45, 2.75) is 13.8 Å². The fourth-order valence-corrected chi connectivity index (χ4v) is 1.35. The minimum absolute atomic E-state index is 0.176. The van der Waals surface area contributed by atoms with Crippen LogP contribution < -0.4 is 0 Å². The van der Waals surface area contributed by atoms with Crippen LogP contribution in [0.4, 0.5) is 0 Å². The number of carboxylic acid groups (broad SMARTS) is 1. The second kappa shape index (κ2) is 10.6. The summed E-state index contributed by atoms with van der Waals surface area (Å²) in [6.45, 7) is 9.56. The Hall–Kier alpha value is -3.08. The highest BCUT2D eigenvalue weighted by Gasteiger charge is 1.95. The van der Waals surface area contributed by atoms with Crippen LogP contribution in [0.3, 0.4) is 0 Å². The van der Waals surface area contributed by atoms with Gasteiger partial charge in [-0.05, 0) is 36.8 Å². The maximum atomic E-state index is 10.2. The van der Waals surface area contributed by atoms with Crippen LogP contribution in [0, 0.1) is 0 Å². The first-order valence-corrected chi connectivity index (χ1v) is 6.99. The molecule has 0 spiro atoms. The molecule has 0 unspecified atom stereocenters. The molecule has 5 nitrogen and oxygen atoms in total. The molecule has 2 aromatic rings. The van der Waals surface area contributed by atoms with Crippen molar-refractivity contribution in [1.29, 1.82) is 0 Å². The summed E-state index contributed by atoms with van der Waals surface area (Å²) in [5, 5.41) is 19.3. The van der Waals surface area contributed by atoms with Crippen molar-refractivity contribution in [3.05, 3.63) is 66.8 Å². The number of carbonyl (C=O) groups excluding carboxylic acids is 1. The van der Waals surface area contributed by atoms with Crippen molar-refractivity contribution in [3.8, 4) is 5.75 Å². The average Bonchev–Trinajstić information content (AvgIpc) is 2.54. The number of methoxy groups -OCH3 is 1. The summed E-state index contributed by atoms with van der Waals surface area (Å²) in [6, 6.07) is 13.3. The van der Waals surface area contributed by atoms with E-state index in [9.17, 15) is 9.59 Å². The molecule has 2 aromatic carbocycles. The molecule has 0 aromatic heterocycles. The van der Waals surface area contributed by atoms with Crippen LogP contribution in [-0.4, -0.2) is 29.3 Å². The fraction of sp³-hybridized carbons (Fsp3) is 0.158. The van der Waals surface area contributed by atoms with Crippen LogP contribution in [0.1, 0.15) is 13.8 Å². The van der Waals surface area contributed by atoms with Gasteiger partial charge in [0.05, 0.1) is 7.11 Å². The predicted molar refractivity (Wildman–Crippen MR) is 94.9 cm³/mol. The summed E-state index contributed by atoms with van der Waals surface area (Å²) in [6.07, 6.45) is 0. The van der Waals surface area contributed by atoms with E-state index in [0.717, 1.165) is 10.8 Å². The molecule has 0 heterocycles. The summed E-state index contributed by atoms with van der Waals surface area (Å²) in [5.74, 6) is -0.960. The molecular weight excluding hydrogens is 308 g/mol.